The van der Waals surface area contributed by atoms with Crippen molar-refractivity contribution >= 4 is 53.6 Å². The van der Waals surface area contributed by atoms with Crippen LogP contribution in [0.4, 0.5) is 30.7 Å². The van der Waals surface area contributed by atoms with Gasteiger partial charge in [0, 0.05) is 41.4 Å². The first-order chi connectivity index (χ1) is 31.7. The summed E-state index contributed by atoms with van der Waals surface area (Å²) in [5.74, 6) is -7.59. The zero-order chi connectivity index (χ0) is 50.6. The molecule has 2 saturated heterocycles. The molecule has 0 atom stereocenters. The first kappa shape index (κ1) is 48.8. The van der Waals surface area contributed by atoms with Crippen molar-refractivity contribution in [3.63, 3.8) is 0 Å². The molecule has 0 radical (unpaired) electrons. The van der Waals surface area contributed by atoms with Crippen molar-refractivity contribution in [3.8, 4) is 28.6 Å². The molecule has 6 heterocycles. The van der Waals surface area contributed by atoms with Gasteiger partial charge in [-0.3, -0.25) is 9.59 Å². The summed E-state index contributed by atoms with van der Waals surface area (Å²) in [6, 6.07) is 5.89. The second-order valence-corrected chi connectivity index (χ2v) is 22.4. The third-order valence-electron chi connectivity index (χ3n) is 10.9. The Morgan fingerprint density at radius 3 is 1.65 bits per heavy atom. The lowest BCUT2D eigenvalue weighted by Gasteiger charge is -2.38. The van der Waals surface area contributed by atoms with E-state index in [-0.39, 0.29) is 67.6 Å². The Kier molecular flexibility index (Phi) is 11.5. The number of pyridine rings is 2. The van der Waals surface area contributed by atoms with E-state index in [9.17, 15) is 53.5 Å². The Hall–Kier alpha value is -6.61. The fraction of sp³-hybridized carbons (Fsp3) is 0.381. The average Bonchev–Trinajstić information content (AvgIpc) is 3.76. The fourth-order valence-electron chi connectivity index (χ4n) is 8.31. The highest BCUT2D eigenvalue weighted by molar-refractivity contribution is 7.93. The summed E-state index contributed by atoms with van der Waals surface area (Å²) in [6.45, 7) is 4.70. The molecule has 2 aromatic carbocycles. The summed E-state index contributed by atoms with van der Waals surface area (Å²) < 4.78 is 164. The van der Waals surface area contributed by atoms with Crippen molar-refractivity contribution in [3.05, 3.63) is 89.0 Å². The topological polar surface area (TPSA) is 236 Å². The highest BCUT2D eigenvalue weighted by Crippen LogP contribution is 2.41. The Morgan fingerprint density at radius 2 is 1.19 bits per heavy atom. The molecule has 8 rings (SSSR count). The van der Waals surface area contributed by atoms with Gasteiger partial charge in [0.05, 0.1) is 45.2 Å². The molecule has 0 bridgehead atoms. The van der Waals surface area contributed by atoms with Crippen LogP contribution < -0.4 is 24.8 Å². The first-order valence-corrected chi connectivity index (χ1v) is 24.0. The molecular weight excluding hydrogens is 974 g/mol. The number of hydrogen-bond acceptors (Lipinski definition) is 14. The Morgan fingerprint density at radius 1 is 0.710 bits per heavy atom. The summed E-state index contributed by atoms with van der Waals surface area (Å²) in [5, 5.41) is 25.0. The first-order valence-electron chi connectivity index (χ1n) is 20.3. The van der Waals surface area contributed by atoms with Crippen LogP contribution in [0.5, 0.6) is 17.2 Å². The second-order valence-electron chi connectivity index (χ2n) is 18.3. The molecule has 2 fully saturated rings. The molecule has 0 unspecified atom stereocenters. The number of benzene rings is 2. The molecule has 3 N–H and O–H groups in total. The van der Waals surface area contributed by atoms with Gasteiger partial charge >= 0.3 is 13.0 Å². The minimum absolute atomic E-state index is 0.0154. The van der Waals surface area contributed by atoms with Crippen LogP contribution in [0.15, 0.2) is 54.9 Å². The van der Waals surface area contributed by atoms with Crippen molar-refractivity contribution in [2.75, 3.05) is 23.0 Å². The van der Waals surface area contributed by atoms with E-state index in [0.29, 0.717) is 24.3 Å². The molecule has 2 aliphatic rings. The fourth-order valence-corrected chi connectivity index (χ4v) is 12.3. The number of ether oxygens (including phenoxy) is 3. The second kappa shape index (κ2) is 16.2. The normalized spacial score (nSPS) is 17.3. The van der Waals surface area contributed by atoms with E-state index in [1.165, 1.54) is 53.7 Å². The zero-order valence-corrected chi connectivity index (χ0v) is 38.5. The quantitative estimate of drug-likeness (QED) is 0.125. The standard InChI is InChI=1S/C42H39F7N8O10S2/c1-38(2,60)31-23-9-20(35(58)52-40(5)16-68(61,62)17-40)14-50-33(23)57(54-31)28-13-29(65-37(45)46)30(12-26(28)44)67-39(3,4)32-24-10-21(36(59)53-41(6)18-69(63,64)19-41)15-51-34(24)56(55-32)27-11-22(7-8-25(27)43)66-42(47,48)49/h7-15,37,60H,16-19H2,1-6H3,(H,52,58)(H,53,59). The number of fused-ring (bicyclic) bond motifs is 2. The van der Waals surface area contributed by atoms with Crippen LogP contribution in [-0.4, -0.2) is 110 Å². The lowest BCUT2D eigenvalue weighted by Crippen LogP contribution is -2.63. The van der Waals surface area contributed by atoms with Crippen LogP contribution >= 0.6 is 0 Å². The predicted octanol–water partition coefficient (Wildman–Crippen LogP) is 5.31. The number of halogens is 7. The number of aromatic nitrogens is 6. The molecule has 2 amide bonds. The summed E-state index contributed by atoms with van der Waals surface area (Å²) in [5.41, 5.74) is -8.33. The highest BCUT2D eigenvalue weighted by atomic mass is 32.2. The third kappa shape index (κ3) is 9.83. The van der Waals surface area contributed by atoms with E-state index in [4.69, 9.17) is 9.47 Å². The highest BCUT2D eigenvalue weighted by Gasteiger charge is 2.47. The van der Waals surface area contributed by atoms with Crippen molar-refractivity contribution in [2.45, 2.75) is 76.8 Å². The maximum absolute atomic E-state index is 16.6. The smallest absolute Gasteiger partial charge is 0.477 e. The van der Waals surface area contributed by atoms with E-state index in [2.05, 4.69) is 35.5 Å². The number of rotatable bonds is 13. The Bertz CT molecular complexity index is 3330. The van der Waals surface area contributed by atoms with Crippen molar-refractivity contribution in [1.82, 2.24) is 40.2 Å². The van der Waals surface area contributed by atoms with Crippen molar-refractivity contribution in [2.24, 2.45) is 0 Å². The van der Waals surface area contributed by atoms with Crippen LogP contribution in [0.3, 0.4) is 0 Å². The monoisotopic (exact) mass is 1010 g/mol. The minimum atomic E-state index is -5.19. The Balaban J connectivity index is 1.21. The van der Waals surface area contributed by atoms with Gasteiger partial charge in [0.2, 0.25) is 0 Å². The van der Waals surface area contributed by atoms with Gasteiger partial charge in [-0.15, -0.1) is 13.2 Å². The van der Waals surface area contributed by atoms with Gasteiger partial charge in [0.25, 0.3) is 11.8 Å². The van der Waals surface area contributed by atoms with Crippen LogP contribution in [0, 0.1) is 11.6 Å². The number of amides is 2. The van der Waals surface area contributed by atoms with Gasteiger partial charge in [0.15, 0.2) is 48.3 Å². The van der Waals surface area contributed by atoms with Crippen LogP contribution in [0.1, 0.15) is 73.6 Å². The maximum Gasteiger partial charge on any atom is 0.573 e. The van der Waals surface area contributed by atoms with Gasteiger partial charge in [-0.25, -0.2) is 44.9 Å². The summed E-state index contributed by atoms with van der Waals surface area (Å²) in [7, 11) is -6.76. The van der Waals surface area contributed by atoms with Gasteiger partial charge in [0.1, 0.15) is 45.5 Å². The molecular formula is C42H39F7N8O10S2. The number of nitrogens with one attached hydrogen (secondary N) is 2. The van der Waals surface area contributed by atoms with Crippen LogP contribution in [0.25, 0.3) is 33.4 Å². The summed E-state index contributed by atoms with van der Waals surface area (Å²) >= 11 is 0. The summed E-state index contributed by atoms with van der Waals surface area (Å²) in [4.78, 5) is 35.3. The maximum atomic E-state index is 16.6. The summed E-state index contributed by atoms with van der Waals surface area (Å²) in [6.07, 6.45) is -3.10. The number of hydrogen-bond donors (Lipinski definition) is 3. The molecule has 0 aliphatic carbocycles. The molecule has 4 aromatic heterocycles. The molecule has 368 valence electrons. The Labute approximate surface area is 386 Å². The van der Waals surface area contributed by atoms with E-state index in [0.717, 1.165) is 27.8 Å². The number of carbonyl (C=O) groups is 2. The molecule has 69 heavy (non-hydrogen) atoms. The minimum Gasteiger partial charge on any atom is -0.477 e. The van der Waals surface area contributed by atoms with E-state index >= 15 is 8.78 Å². The number of nitrogens with zero attached hydrogens (tertiary/aromatic N) is 6. The van der Waals surface area contributed by atoms with Gasteiger partial charge < -0.3 is 30.0 Å². The number of carbonyl (C=O) groups excluding carboxylic acids is 2. The lowest BCUT2D eigenvalue weighted by molar-refractivity contribution is -0.274. The number of alkyl halides is 5. The van der Waals surface area contributed by atoms with Crippen molar-refractivity contribution in [1.29, 1.82) is 0 Å². The predicted molar refractivity (Wildman–Crippen MR) is 229 cm³/mol. The van der Waals surface area contributed by atoms with E-state index in [1.807, 2.05) is 0 Å². The van der Waals surface area contributed by atoms with Crippen LogP contribution in [-0.2, 0) is 30.9 Å². The average molecular weight is 1010 g/mol. The molecule has 6 aromatic rings. The van der Waals surface area contributed by atoms with Crippen LogP contribution in [0.2, 0.25) is 0 Å². The van der Waals surface area contributed by atoms with Crippen molar-refractivity contribution < 1.29 is 76.5 Å². The van der Waals surface area contributed by atoms with Gasteiger partial charge in [-0.05, 0) is 65.8 Å². The zero-order valence-electron chi connectivity index (χ0n) is 36.9. The largest absolute Gasteiger partial charge is 0.573 e. The molecule has 0 saturated carbocycles. The number of sulfone groups is 2. The molecule has 2 aliphatic heterocycles. The van der Waals surface area contributed by atoms with Gasteiger partial charge in [-0.2, -0.15) is 19.0 Å². The third-order valence-corrected chi connectivity index (χ3v) is 15.2. The van der Waals surface area contributed by atoms with Gasteiger partial charge in [-0.1, -0.05) is 0 Å². The SMILES string of the molecule is CC1(NC(=O)c2cnc3c(c2)c(C(C)(C)O)nn3-c2cc(OC(F)F)c(OC(C)(C)c3nn(-c4cc(OC(F)(F)F)ccc4F)c4ncc(C(=O)NC5(C)CS(=O)(=O)C5)cc34)cc2F)CS(=O)(=O)C1. The molecule has 18 nitrogen and oxygen atoms in total. The number of aliphatic hydroxyl groups is 1. The lowest BCUT2D eigenvalue weighted by atomic mass is 10.0. The van der Waals surface area contributed by atoms with E-state index < -0.39 is 107 Å². The molecule has 0 spiro atoms. The van der Waals surface area contributed by atoms with E-state index in [1.54, 1.807) is 0 Å². The molecule has 27 heteroatoms.